The molecule has 132 heavy (non-hydrogen) atoms. The number of guanidine groups is 1. The van der Waals surface area contributed by atoms with E-state index in [1.54, 1.807) is 105 Å². The Morgan fingerprint density at radius 3 is 1.67 bits per heavy atom. The van der Waals surface area contributed by atoms with Crippen molar-refractivity contribution in [3.8, 4) is 0 Å². The molecule has 0 aliphatic carbocycles. The van der Waals surface area contributed by atoms with Crippen LogP contribution < -0.4 is 75.7 Å². The van der Waals surface area contributed by atoms with E-state index in [9.17, 15) is 62.6 Å². The number of likely N-dealkylation sites (N-methyl/N-ethyl adjacent to an activating group) is 4. The smallest absolute Gasteiger partial charge is 0.246 e. The molecule has 2 aliphatic heterocycles. The first-order valence-corrected chi connectivity index (χ1v) is 45.4. The predicted octanol–water partition coefficient (Wildman–Crippen LogP) is -2.14. The fourth-order valence-corrected chi connectivity index (χ4v) is 16.7. The van der Waals surface area contributed by atoms with Crippen LogP contribution in [-0.4, -0.2) is 307 Å². The Kier molecular flexibility index (Phi) is 39.9. The number of primary amides is 2. The summed E-state index contributed by atoms with van der Waals surface area (Å²) in [4.78, 5) is 267. The minimum atomic E-state index is -1.85. The Morgan fingerprint density at radius 1 is 0.538 bits per heavy atom. The third-order valence-corrected chi connectivity index (χ3v) is 24.2. The lowest BCUT2D eigenvalue weighted by Gasteiger charge is -2.36. The largest absolute Gasteiger partial charge is 0.394 e. The van der Waals surface area contributed by atoms with E-state index in [0.717, 1.165) is 36.3 Å². The lowest BCUT2D eigenvalue weighted by Crippen LogP contribution is -2.61. The minimum absolute atomic E-state index is 0.00145. The molecular weight excluding hydrogens is 1730 g/mol. The number of nitrogens with two attached hydrogens (primary N) is 3. The number of thioether (sulfide) groups is 1. The van der Waals surface area contributed by atoms with Crippen molar-refractivity contribution < 1.29 is 86.6 Å². The molecule has 2 saturated heterocycles. The molecule has 0 spiro atoms. The topological polar surface area (TPSA) is 621 Å². The monoisotopic (exact) mass is 1850 g/mol. The molecule has 716 valence electrons. The normalized spacial score (nSPS) is 23.5. The second-order valence-corrected chi connectivity index (χ2v) is 34.7. The molecule has 0 radical (unpaired) electrons. The standard InChI is InChI=1S/C89H126N24O18S/c1-10-12-30-69-82(125)102-60(29-21-33-95-89(92)93)78(121)108-68(77(120)98-44-73(91)116)47-132-48-75(118)101-64(36-52-23-15-14-16-24-52)85(128)110(7)51(5)76(119)104-66(40-72(90)115)87(130)113-34-22-32-70(113)83(126)103-62(39-55-43-94-49-99-55)80(123)105-63(35-50(3)4)84(127)109(6)45-74(117)100-61(37-53-41-96-58-27-19-17-25-56(53)58)79(122)107-67(46-114)81(124)106-65(38-54-42-97-59-28-20-18-26-57(54)59)86(129)112(9)71(31-13-11-2)88(131)111(69)8/h14-20,23-28,41-43,49-51,60-71,96-97,114H,10-13,21-22,29-40,44-48H2,1-9H3,(H2,90,115)(H2,91,116)(H,94,99)(H,98,120)(H,100,117)(H,101,118)(H,102,125)(H,103,126)(H,104,119)(H,105,123)(H,106,124)(H,107,122)(H,108,121)(H4,92,93,95)/t51-,60-,61-,62-,63-,64-,65-,66-,67-,68-,69-,70?,71-/m0/s1. The molecule has 0 saturated carbocycles. The van der Waals surface area contributed by atoms with Crippen molar-refractivity contribution in [2.75, 3.05) is 72.5 Å². The molecule has 22 N–H and O–H groups in total. The summed E-state index contributed by atoms with van der Waals surface area (Å²) in [5.41, 5.74) is 20.0. The molecule has 5 heterocycles. The Labute approximate surface area is 768 Å². The van der Waals surface area contributed by atoms with Crippen molar-refractivity contribution in [3.05, 3.63) is 126 Å². The average molecular weight is 1850 g/mol. The number of nitrogens with zero attached hydrogens (tertiary/aromatic N) is 6. The number of aromatic nitrogens is 4. The summed E-state index contributed by atoms with van der Waals surface area (Å²) in [6.07, 6.45) is 6.01. The van der Waals surface area contributed by atoms with Crippen molar-refractivity contribution in [1.29, 1.82) is 5.41 Å². The van der Waals surface area contributed by atoms with Gasteiger partial charge in [-0.1, -0.05) is 120 Å². The van der Waals surface area contributed by atoms with Gasteiger partial charge in [-0.3, -0.25) is 86.9 Å². The maximum absolute atomic E-state index is 15.7. The van der Waals surface area contributed by atoms with E-state index < -0.39 is 223 Å². The average Bonchev–Trinajstić information content (AvgIpc) is 1.48. The number of hydrogen-bond donors (Lipinski definition) is 19. The van der Waals surface area contributed by atoms with Gasteiger partial charge in [0.15, 0.2) is 5.96 Å². The molecule has 42 nitrogen and oxygen atoms in total. The second kappa shape index (κ2) is 50.6. The number of unbranched alkanes of at least 4 members (excludes halogenated alkanes) is 2. The Bertz CT molecular complexity index is 5050. The SMILES string of the molecule is CCCC[C@H]1C(=O)N(C)[C@@H](CCCC)C(=O)N[C@@H](CCCNC(=N)N)C(=O)N[C@H](C(=O)NCC(N)=O)CSCC(=O)N[C@@H](Cc2ccccc2)C(=O)N(C)[C@@H](C)C(=O)N[C@@H](CC(N)=O)C(=O)N2CCCC2C(=O)N[C@@H](Cc2cnc[nH]2)C(=O)N[C@@H](CC(C)C)C(=O)N(C)CC(=O)N[C@@H](Cc2c[nH]c3ccccc23)C(=O)N[C@@H](CO)C(=O)N[C@@H](Cc2c[nH]c3ccccc23)C(=O)N1C. The van der Waals surface area contributed by atoms with Crippen LogP contribution in [0.1, 0.15) is 134 Å². The number of rotatable bonds is 26. The first kappa shape index (κ1) is 104. The summed E-state index contributed by atoms with van der Waals surface area (Å²) in [5.74, 6) is -17.1. The molecule has 2 fully saturated rings. The van der Waals surface area contributed by atoms with Crippen molar-refractivity contribution in [3.63, 3.8) is 0 Å². The Hall–Kier alpha value is -13.5. The fourth-order valence-electron chi connectivity index (χ4n) is 15.8. The van der Waals surface area contributed by atoms with E-state index in [4.69, 9.17) is 22.6 Å². The number of para-hydroxylation sites is 2. The van der Waals surface area contributed by atoms with Crippen LogP contribution in [0.25, 0.3) is 21.8 Å². The molecular formula is C89H126N24O18S. The molecule has 0 bridgehead atoms. The quantitative estimate of drug-likeness (QED) is 0.0157. The number of aromatic amines is 3. The molecule has 1 unspecified atom stereocenters. The van der Waals surface area contributed by atoms with Gasteiger partial charge in [-0.25, -0.2) is 4.98 Å². The van der Waals surface area contributed by atoms with Gasteiger partial charge in [0.05, 0.1) is 38.2 Å². The molecule has 3 aromatic heterocycles. The van der Waals surface area contributed by atoms with E-state index >= 15 is 24.0 Å². The number of fused-ring (bicyclic) bond motifs is 3. The summed E-state index contributed by atoms with van der Waals surface area (Å²) < 4.78 is 0. The highest BCUT2D eigenvalue weighted by atomic mass is 32.2. The zero-order valence-corrected chi connectivity index (χ0v) is 76.7. The number of hydrogen-bond acceptors (Lipinski definition) is 21. The number of aliphatic hydroxyl groups is 1. The molecule has 3 aromatic carbocycles. The zero-order chi connectivity index (χ0) is 96.6. The first-order chi connectivity index (χ1) is 62.9. The lowest BCUT2D eigenvalue weighted by atomic mass is 10.00. The van der Waals surface area contributed by atoms with Crippen LogP contribution in [0.15, 0.2) is 104 Å². The third-order valence-electron chi connectivity index (χ3n) is 23.1. The number of aliphatic hydroxyl groups excluding tert-OH is 1. The summed E-state index contributed by atoms with van der Waals surface area (Å²) in [7, 11) is 5.25. The molecule has 6 aromatic rings. The van der Waals surface area contributed by atoms with Gasteiger partial charge < -0.3 is 120 Å². The predicted molar refractivity (Wildman–Crippen MR) is 490 cm³/mol. The number of H-pyrrole nitrogens is 3. The second-order valence-electron chi connectivity index (χ2n) is 33.7. The zero-order valence-electron chi connectivity index (χ0n) is 75.9. The minimum Gasteiger partial charge on any atom is -0.394 e. The van der Waals surface area contributed by atoms with Gasteiger partial charge in [-0.05, 0) is 86.6 Å². The van der Waals surface area contributed by atoms with Crippen LogP contribution in [0, 0.1) is 11.3 Å². The van der Waals surface area contributed by atoms with Gasteiger partial charge in [0.25, 0.3) is 0 Å². The molecule has 13 atom stereocenters. The summed E-state index contributed by atoms with van der Waals surface area (Å²) in [5, 5.41) is 49.4. The van der Waals surface area contributed by atoms with Crippen molar-refractivity contribution in [2.24, 2.45) is 23.1 Å². The molecule has 8 rings (SSSR count). The highest BCUT2D eigenvalue weighted by Crippen LogP contribution is 2.26. The van der Waals surface area contributed by atoms with Crippen LogP contribution in [-0.2, 0) is 107 Å². The number of imidazole rings is 1. The molecule has 2 aliphatic rings. The van der Waals surface area contributed by atoms with Gasteiger partial charge in [0.1, 0.15) is 78.5 Å². The maximum Gasteiger partial charge on any atom is 0.246 e. The number of carbonyl (C=O) groups excluding carboxylic acids is 17. The van der Waals surface area contributed by atoms with Crippen LogP contribution >= 0.6 is 11.8 Å². The van der Waals surface area contributed by atoms with Gasteiger partial charge in [0, 0.05) is 119 Å². The van der Waals surface area contributed by atoms with E-state index in [2.05, 4.69) is 78.4 Å². The Morgan fingerprint density at radius 2 is 1.08 bits per heavy atom. The maximum atomic E-state index is 15.7. The van der Waals surface area contributed by atoms with E-state index in [1.165, 1.54) is 47.6 Å². The summed E-state index contributed by atoms with van der Waals surface area (Å²) >= 11 is 0.795. The highest BCUT2D eigenvalue weighted by molar-refractivity contribution is 8.00. The first-order valence-electron chi connectivity index (χ1n) is 44.2. The van der Waals surface area contributed by atoms with Gasteiger partial charge in [-0.15, -0.1) is 11.8 Å². The van der Waals surface area contributed by atoms with Crippen LogP contribution in [0.3, 0.4) is 0 Å². The number of benzene rings is 3. The third kappa shape index (κ3) is 30.0. The van der Waals surface area contributed by atoms with Gasteiger partial charge in [0.2, 0.25) is 100 Å². The van der Waals surface area contributed by atoms with Crippen molar-refractivity contribution >= 4 is 140 Å². The van der Waals surface area contributed by atoms with Crippen molar-refractivity contribution in [2.45, 2.75) is 216 Å². The van der Waals surface area contributed by atoms with Gasteiger partial charge >= 0.3 is 0 Å². The molecule has 43 heteroatoms. The summed E-state index contributed by atoms with van der Waals surface area (Å²) in [6, 6.07) is 2.90. The van der Waals surface area contributed by atoms with Gasteiger partial charge in [-0.2, -0.15) is 0 Å². The van der Waals surface area contributed by atoms with Crippen LogP contribution in [0.2, 0.25) is 0 Å². The molecule has 17 amide bonds. The Balaban J connectivity index is 1.18. The fraction of sp³-hybridized carbons (Fsp3) is 0.517. The van der Waals surface area contributed by atoms with Crippen LogP contribution in [0.5, 0.6) is 0 Å². The van der Waals surface area contributed by atoms with Crippen LogP contribution in [0.4, 0.5) is 0 Å². The lowest BCUT2D eigenvalue weighted by molar-refractivity contribution is -0.149. The van der Waals surface area contributed by atoms with E-state index in [-0.39, 0.29) is 89.6 Å². The number of carbonyl (C=O) groups is 17. The summed E-state index contributed by atoms with van der Waals surface area (Å²) in [6.45, 7) is 5.93. The number of nitrogens with one attached hydrogen (secondary N) is 15. The highest BCUT2D eigenvalue weighted by Gasteiger charge is 2.44. The van der Waals surface area contributed by atoms with E-state index in [1.807, 2.05) is 13.8 Å². The van der Waals surface area contributed by atoms with Crippen molar-refractivity contribution in [1.82, 2.24) is 103 Å². The number of amides is 17. The van der Waals surface area contributed by atoms with E-state index in [0.29, 0.717) is 69.9 Å².